The summed E-state index contributed by atoms with van der Waals surface area (Å²) in [6.45, 7) is 2.69. The first-order valence-corrected chi connectivity index (χ1v) is 7.83. The fraction of sp³-hybridized carbons (Fsp3) is 0.667. The lowest BCUT2D eigenvalue weighted by atomic mass is 10.1. The maximum atomic E-state index is 5.44. The second-order valence-corrected chi connectivity index (χ2v) is 5.75. The largest absolute Gasteiger partial charge is 0.383 e. The van der Waals surface area contributed by atoms with E-state index in [1.807, 2.05) is 13.2 Å². The van der Waals surface area contributed by atoms with Gasteiger partial charge in [0, 0.05) is 26.9 Å². The topological polar surface area (TPSA) is 69.2 Å². The van der Waals surface area contributed by atoms with Crippen LogP contribution in [0.1, 0.15) is 37.5 Å². The van der Waals surface area contributed by atoms with Gasteiger partial charge in [-0.15, -0.1) is 0 Å². The van der Waals surface area contributed by atoms with Crippen LogP contribution in [0.5, 0.6) is 0 Å². The van der Waals surface area contributed by atoms with Crippen LogP contribution in [0, 0.1) is 0 Å². The van der Waals surface area contributed by atoms with Gasteiger partial charge in [-0.25, -0.2) is 0 Å². The van der Waals surface area contributed by atoms with E-state index in [0.29, 0.717) is 5.89 Å². The highest BCUT2D eigenvalue weighted by molar-refractivity contribution is 5.49. The smallest absolute Gasteiger partial charge is 0.261 e. The van der Waals surface area contributed by atoms with Crippen molar-refractivity contribution in [1.82, 2.24) is 24.8 Å². The molecule has 0 bridgehead atoms. The van der Waals surface area contributed by atoms with Crippen LogP contribution in [0.25, 0.3) is 11.5 Å². The van der Waals surface area contributed by atoms with Crippen molar-refractivity contribution in [2.75, 3.05) is 26.8 Å². The van der Waals surface area contributed by atoms with E-state index < -0.39 is 0 Å². The SMILES string of the molecule is COCCN1CCCCC[C@@H]1c1noc(-c2cnn(C)c2)n1. The zero-order valence-electron chi connectivity index (χ0n) is 13.2. The number of hydrogen-bond acceptors (Lipinski definition) is 6. The van der Waals surface area contributed by atoms with Crippen LogP contribution in [-0.2, 0) is 11.8 Å². The van der Waals surface area contributed by atoms with E-state index in [4.69, 9.17) is 9.26 Å². The minimum Gasteiger partial charge on any atom is -0.383 e. The molecule has 3 heterocycles. The highest BCUT2D eigenvalue weighted by atomic mass is 16.5. The number of rotatable bonds is 5. The molecule has 0 unspecified atom stereocenters. The quantitative estimate of drug-likeness (QED) is 0.842. The minimum atomic E-state index is 0.215. The van der Waals surface area contributed by atoms with Crippen molar-refractivity contribution in [3.63, 3.8) is 0 Å². The molecular formula is C15H23N5O2. The Balaban J connectivity index is 1.79. The molecule has 2 aromatic rings. The third-order valence-electron chi connectivity index (χ3n) is 4.14. The molecule has 0 saturated carbocycles. The van der Waals surface area contributed by atoms with Gasteiger partial charge in [0.1, 0.15) is 0 Å². The molecule has 0 N–H and O–H groups in total. The number of hydrogen-bond donors (Lipinski definition) is 0. The summed E-state index contributed by atoms with van der Waals surface area (Å²) in [7, 11) is 3.61. The molecule has 1 fully saturated rings. The summed E-state index contributed by atoms with van der Waals surface area (Å²) >= 11 is 0. The Kier molecular flexibility index (Phi) is 4.84. The predicted molar refractivity (Wildman–Crippen MR) is 81.2 cm³/mol. The average molecular weight is 305 g/mol. The minimum absolute atomic E-state index is 0.215. The third kappa shape index (κ3) is 3.36. The Labute approximate surface area is 130 Å². The molecule has 0 aromatic carbocycles. The van der Waals surface area contributed by atoms with Crippen molar-refractivity contribution in [2.24, 2.45) is 7.05 Å². The summed E-state index contributed by atoms with van der Waals surface area (Å²) < 4.78 is 12.4. The molecule has 3 rings (SSSR count). The lowest BCUT2D eigenvalue weighted by Gasteiger charge is -2.27. The summed E-state index contributed by atoms with van der Waals surface area (Å²) in [6.07, 6.45) is 8.36. The lowest BCUT2D eigenvalue weighted by molar-refractivity contribution is 0.117. The molecule has 1 aliphatic heterocycles. The molecule has 1 saturated heterocycles. The van der Waals surface area contributed by atoms with Crippen molar-refractivity contribution >= 4 is 0 Å². The maximum absolute atomic E-state index is 5.44. The third-order valence-corrected chi connectivity index (χ3v) is 4.14. The molecular weight excluding hydrogens is 282 g/mol. The standard InChI is InChI=1S/C15H23N5O2/c1-19-11-12(10-16-19)15-17-14(18-22-15)13-6-4-3-5-7-20(13)8-9-21-2/h10-11,13H,3-9H2,1-2H3/t13-/m1/s1. The zero-order valence-corrected chi connectivity index (χ0v) is 13.2. The Morgan fingerprint density at radius 2 is 2.27 bits per heavy atom. The lowest BCUT2D eigenvalue weighted by Crippen LogP contribution is -2.32. The fourth-order valence-corrected chi connectivity index (χ4v) is 2.96. The van der Waals surface area contributed by atoms with Crippen LogP contribution in [0.3, 0.4) is 0 Å². The van der Waals surface area contributed by atoms with E-state index in [0.717, 1.165) is 37.5 Å². The monoisotopic (exact) mass is 305 g/mol. The Hall–Kier alpha value is -1.73. The Morgan fingerprint density at radius 3 is 3.05 bits per heavy atom. The molecule has 2 aromatic heterocycles. The molecule has 120 valence electrons. The van der Waals surface area contributed by atoms with Crippen molar-refractivity contribution < 1.29 is 9.26 Å². The first-order chi connectivity index (χ1) is 10.8. The van der Waals surface area contributed by atoms with Gasteiger partial charge in [0.05, 0.1) is 24.4 Å². The molecule has 0 spiro atoms. The summed E-state index contributed by atoms with van der Waals surface area (Å²) in [6, 6.07) is 0.215. The predicted octanol–water partition coefficient (Wildman–Crippen LogP) is 2.03. The fourth-order valence-electron chi connectivity index (χ4n) is 2.96. The summed E-state index contributed by atoms with van der Waals surface area (Å²) in [4.78, 5) is 7.01. The van der Waals surface area contributed by atoms with Gasteiger partial charge >= 0.3 is 0 Å². The molecule has 0 radical (unpaired) electrons. The molecule has 7 nitrogen and oxygen atoms in total. The van der Waals surface area contributed by atoms with E-state index in [-0.39, 0.29) is 6.04 Å². The van der Waals surface area contributed by atoms with Gasteiger partial charge in [0.15, 0.2) is 5.82 Å². The van der Waals surface area contributed by atoms with E-state index in [1.54, 1.807) is 18.0 Å². The summed E-state index contributed by atoms with van der Waals surface area (Å²) in [5.41, 5.74) is 0.860. The molecule has 22 heavy (non-hydrogen) atoms. The van der Waals surface area contributed by atoms with Gasteiger partial charge < -0.3 is 9.26 Å². The van der Waals surface area contributed by atoms with E-state index in [2.05, 4.69) is 20.1 Å². The van der Waals surface area contributed by atoms with Crippen molar-refractivity contribution in [3.8, 4) is 11.5 Å². The van der Waals surface area contributed by atoms with Gasteiger partial charge in [0.2, 0.25) is 0 Å². The van der Waals surface area contributed by atoms with Gasteiger partial charge in [-0.3, -0.25) is 9.58 Å². The normalized spacial score (nSPS) is 20.2. The number of aryl methyl sites for hydroxylation is 1. The summed E-state index contributed by atoms with van der Waals surface area (Å²) in [5, 5.41) is 8.37. The van der Waals surface area contributed by atoms with Gasteiger partial charge in [-0.2, -0.15) is 10.1 Å². The van der Waals surface area contributed by atoms with Gasteiger partial charge in [-0.05, 0) is 19.4 Å². The second-order valence-electron chi connectivity index (χ2n) is 5.75. The van der Waals surface area contributed by atoms with Crippen molar-refractivity contribution in [2.45, 2.75) is 31.7 Å². The van der Waals surface area contributed by atoms with Gasteiger partial charge in [0.25, 0.3) is 5.89 Å². The number of nitrogens with zero attached hydrogens (tertiary/aromatic N) is 5. The van der Waals surface area contributed by atoms with Crippen molar-refractivity contribution in [3.05, 3.63) is 18.2 Å². The molecule has 0 aliphatic carbocycles. The highest BCUT2D eigenvalue weighted by Gasteiger charge is 2.27. The number of aromatic nitrogens is 4. The number of methoxy groups -OCH3 is 1. The zero-order chi connectivity index (χ0) is 15.4. The summed E-state index contributed by atoms with van der Waals surface area (Å²) in [5.74, 6) is 1.32. The van der Waals surface area contributed by atoms with Crippen LogP contribution >= 0.6 is 0 Å². The van der Waals surface area contributed by atoms with E-state index in [1.165, 1.54) is 19.3 Å². The van der Waals surface area contributed by atoms with Crippen LogP contribution in [0.4, 0.5) is 0 Å². The first-order valence-electron chi connectivity index (χ1n) is 7.83. The van der Waals surface area contributed by atoms with Crippen LogP contribution in [0.15, 0.2) is 16.9 Å². The molecule has 1 atom stereocenters. The number of ether oxygens (including phenoxy) is 1. The van der Waals surface area contributed by atoms with Crippen molar-refractivity contribution in [1.29, 1.82) is 0 Å². The van der Waals surface area contributed by atoms with Crippen LogP contribution in [0.2, 0.25) is 0 Å². The Bertz CT molecular complexity index is 594. The molecule has 7 heteroatoms. The van der Waals surface area contributed by atoms with Gasteiger partial charge in [-0.1, -0.05) is 18.0 Å². The second kappa shape index (κ2) is 7.02. The first kappa shape index (κ1) is 15.2. The maximum Gasteiger partial charge on any atom is 0.261 e. The van der Waals surface area contributed by atoms with Crippen LogP contribution in [-0.4, -0.2) is 51.6 Å². The number of likely N-dealkylation sites (tertiary alicyclic amines) is 1. The average Bonchev–Trinajstić information content (AvgIpc) is 3.10. The van der Waals surface area contributed by atoms with E-state index >= 15 is 0 Å². The Morgan fingerprint density at radius 1 is 1.36 bits per heavy atom. The van der Waals surface area contributed by atoms with E-state index in [9.17, 15) is 0 Å². The van der Waals surface area contributed by atoms with Crippen LogP contribution < -0.4 is 0 Å². The molecule has 0 amide bonds. The highest BCUT2D eigenvalue weighted by Crippen LogP contribution is 2.29. The molecule has 1 aliphatic rings.